The Labute approximate surface area is 313 Å². The summed E-state index contributed by atoms with van der Waals surface area (Å²) >= 11 is 0. The first-order valence-electron chi connectivity index (χ1n) is 19.0. The molecule has 0 amide bonds. The zero-order chi connectivity index (χ0) is 35.9. The second kappa shape index (κ2) is 13.6. The van der Waals surface area contributed by atoms with Gasteiger partial charge in [-0.2, -0.15) is 0 Å². The molecule has 53 heavy (non-hydrogen) atoms. The lowest BCUT2D eigenvalue weighted by Crippen LogP contribution is -2.28. The minimum Gasteiger partial charge on any atom is -0.208 e. The van der Waals surface area contributed by atoms with Crippen molar-refractivity contribution in [2.24, 2.45) is 11.8 Å². The molecule has 2 aliphatic rings. The molecule has 1 aromatic heterocycles. The maximum Gasteiger partial charge on any atom is 0.164 e. The molecule has 0 saturated heterocycles. The Morgan fingerprint density at radius 3 is 1.72 bits per heavy atom. The minimum atomic E-state index is -0.177. The Bertz CT molecular complexity index is 2410. The van der Waals surface area contributed by atoms with Crippen molar-refractivity contribution >= 4 is 0 Å². The molecule has 9 rings (SSSR count). The highest BCUT2D eigenvalue weighted by Crippen LogP contribution is 2.58. The Balaban J connectivity index is 1.25. The third kappa shape index (κ3) is 5.81. The van der Waals surface area contributed by atoms with Gasteiger partial charge in [0.2, 0.25) is 0 Å². The fraction of sp³-hybridized carbons (Fsp3) is 0.180. The standard InChI is InChI=1S/C50H43N3/c1-4-34-29-33(2)30-39(31-34)50(3)44-25-15-14-23-42(44)46-41(24-16-26-45(46)50)40-28-27-38(32-43(40)35-17-8-5-9-18-35)49-52-47(36-19-10-6-11-20-36)51-48(53-49)37-21-12-7-13-22-37/h5-28,30,32-34H,4,29,31H2,1-3H3. The monoisotopic (exact) mass is 685 g/mol. The van der Waals surface area contributed by atoms with Crippen LogP contribution in [0.25, 0.3) is 67.5 Å². The van der Waals surface area contributed by atoms with Crippen molar-refractivity contribution in [1.29, 1.82) is 0 Å². The average molecular weight is 686 g/mol. The number of benzene rings is 6. The third-order valence-corrected chi connectivity index (χ3v) is 11.6. The maximum absolute atomic E-state index is 5.09. The van der Waals surface area contributed by atoms with Crippen LogP contribution in [0.3, 0.4) is 0 Å². The normalized spacial score (nSPS) is 19.0. The van der Waals surface area contributed by atoms with E-state index in [1.807, 2.05) is 36.4 Å². The summed E-state index contributed by atoms with van der Waals surface area (Å²) in [4.78, 5) is 15.1. The van der Waals surface area contributed by atoms with Gasteiger partial charge in [0.25, 0.3) is 0 Å². The molecule has 0 spiro atoms. The molecule has 1 heterocycles. The van der Waals surface area contributed by atoms with E-state index in [4.69, 9.17) is 15.0 Å². The lowest BCUT2D eigenvalue weighted by atomic mass is 9.66. The van der Waals surface area contributed by atoms with Gasteiger partial charge in [-0.1, -0.05) is 178 Å². The Hall–Kier alpha value is -5.93. The van der Waals surface area contributed by atoms with Crippen LogP contribution in [0, 0.1) is 11.8 Å². The van der Waals surface area contributed by atoms with Gasteiger partial charge in [-0.25, -0.2) is 15.0 Å². The number of allylic oxidation sites excluding steroid dienone is 2. The van der Waals surface area contributed by atoms with Crippen molar-refractivity contribution in [2.45, 2.75) is 45.4 Å². The van der Waals surface area contributed by atoms with Crippen LogP contribution in [0.15, 0.2) is 163 Å². The van der Waals surface area contributed by atoms with Crippen LogP contribution >= 0.6 is 0 Å². The molecule has 0 saturated carbocycles. The lowest BCUT2D eigenvalue weighted by Gasteiger charge is -2.37. The van der Waals surface area contributed by atoms with Crippen LogP contribution in [0.5, 0.6) is 0 Å². The summed E-state index contributed by atoms with van der Waals surface area (Å²) < 4.78 is 0. The molecule has 0 N–H and O–H groups in total. The SMILES string of the molecule is CCC1CC(C2(C)c3ccccc3-c3c(-c4ccc(-c5nc(-c6ccccc6)nc(-c6ccccc6)n5)cc4-c4ccccc4)cccc32)=CC(C)C1. The Kier molecular flexibility index (Phi) is 8.43. The molecule has 3 heteroatoms. The quantitative estimate of drug-likeness (QED) is 0.157. The lowest BCUT2D eigenvalue weighted by molar-refractivity contribution is 0.373. The number of nitrogens with zero attached hydrogens (tertiary/aromatic N) is 3. The Morgan fingerprint density at radius 2 is 1.08 bits per heavy atom. The Morgan fingerprint density at radius 1 is 0.528 bits per heavy atom. The molecule has 0 fully saturated rings. The van der Waals surface area contributed by atoms with Gasteiger partial charge in [0.15, 0.2) is 17.5 Å². The highest BCUT2D eigenvalue weighted by Gasteiger charge is 2.44. The zero-order valence-electron chi connectivity index (χ0n) is 30.6. The summed E-state index contributed by atoms with van der Waals surface area (Å²) in [6.07, 6.45) is 6.25. The fourth-order valence-electron chi connectivity index (χ4n) is 8.91. The van der Waals surface area contributed by atoms with Crippen LogP contribution in [0.2, 0.25) is 0 Å². The molecule has 3 atom stereocenters. The van der Waals surface area contributed by atoms with Crippen LogP contribution in [0.4, 0.5) is 0 Å². The van der Waals surface area contributed by atoms with E-state index in [0.717, 1.165) is 40.2 Å². The van der Waals surface area contributed by atoms with Gasteiger partial charge < -0.3 is 0 Å². The van der Waals surface area contributed by atoms with Gasteiger partial charge in [0, 0.05) is 22.1 Å². The van der Waals surface area contributed by atoms with E-state index in [1.54, 1.807) is 5.57 Å². The third-order valence-electron chi connectivity index (χ3n) is 11.6. The summed E-state index contributed by atoms with van der Waals surface area (Å²) in [5.41, 5.74) is 14.6. The maximum atomic E-state index is 5.09. The summed E-state index contributed by atoms with van der Waals surface area (Å²) in [5, 5.41) is 0. The van der Waals surface area contributed by atoms with Crippen molar-refractivity contribution in [3.63, 3.8) is 0 Å². The molecule has 0 aliphatic heterocycles. The largest absolute Gasteiger partial charge is 0.208 e. The number of aromatic nitrogens is 3. The molecular formula is C50H43N3. The van der Waals surface area contributed by atoms with Gasteiger partial charge in [-0.15, -0.1) is 0 Å². The second-order valence-corrected chi connectivity index (χ2v) is 14.9. The molecule has 3 unspecified atom stereocenters. The number of fused-ring (bicyclic) bond motifs is 3. The van der Waals surface area contributed by atoms with E-state index in [9.17, 15) is 0 Å². The average Bonchev–Trinajstić information content (AvgIpc) is 3.50. The van der Waals surface area contributed by atoms with Crippen LogP contribution < -0.4 is 0 Å². The number of rotatable bonds is 7. The predicted octanol–water partition coefficient (Wildman–Crippen LogP) is 12.9. The zero-order valence-corrected chi connectivity index (χ0v) is 30.6. The van der Waals surface area contributed by atoms with E-state index in [1.165, 1.54) is 46.2 Å². The summed E-state index contributed by atoms with van der Waals surface area (Å²) in [6, 6.07) is 54.0. The van der Waals surface area contributed by atoms with E-state index in [0.29, 0.717) is 23.4 Å². The molecule has 0 radical (unpaired) electrons. The van der Waals surface area contributed by atoms with E-state index in [-0.39, 0.29) is 5.41 Å². The molecular weight excluding hydrogens is 643 g/mol. The molecule has 2 aliphatic carbocycles. The van der Waals surface area contributed by atoms with Crippen LogP contribution in [-0.4, -0.2) is 15.0 Å². The van der Waals surface area contributed by atoms with Crippen LogP contribution in [0.1, 0.15) is 51.2 Å². The van der Waals surface area contributed by atoms with Gasteiger partial charge in [-0.3, -0.25) is 0 Å². The highest BCUT2D eigenvalue weighted by molar-refractivity contribution is 5.98. The first-order valence-corrected chi connectivity index (χ1v) is 19.0. The van der Waals surface area contributed by atoms with Crippen molar-refractivity contribution < 1.29 is 0 Å². The van der Waals surface area contributed by atoms with Crippen molar-refractivity contribution in [3.8, 4) is 67.5 Å². The van der Waals surface area contributed by atoms with Crippen LogP contribution in [-0.2, 0) is 5.41 Å². The first-order chi connectivity index (χ1) is 26.0. The van der Waals surface area contributed by atoms with Crippen molar-refractivity contribution in [1.82, 2.24) is 15.0 Å². The summed E-state index contributed by atoms with van der Waals surface area (Å²) in [5.74, 6) is 3.28. The van der Waals surface area contributed by atoms with Crippen molar-refractivity contribution in [3.05, 3.63) is 174 Å². The first kappa shape index (κ1) is 32.9. The number of hydrogen-bond donors (Lipinski definition) is 0. The fourth-order valence-corrected chi connectivity index (χ4v) is 8.91. The highest BCUT2D eigenvalue weighted by atomic mass is 15.0. The van der Waals surface area contributed by atoms with Gasteiger partial charge >= 0.3 is 0 Å². The molecule has 6 aromatic carbocycles. The van der Waals surface area contributed by atoms with Gasteiger partial charge in [0.05, 0.1) is 0 Å². The molecule has 3 nitrogen and oxygen atoms in total. The second-order valence-electron chi connectivity index (χ2n) is 14.9. The van der Waals surface area contributed by atoms with E-state index in [2.05, 4.69) is 142 Å². The van der Waals surface area contributed by atoms with Gasteiger partial charge in [0.1, 0.15) is 0 Å². The van der Waals surface area contributed by atoms with Gasteiger partial charge in [-0.05, 0) is 82.2 Å². The molecule has 0 bridgehead atoms. The molecule has 258 valence electrons. The summed E-state index contributed by atoms with van der Waals surface area (Å²) in [6.45, 7) is 7.23. The van der Waals surface area contributed by atoms with Crippen molar-refractivity contribution in [2.75, 3.05) is 0 Å². The number of hydrogen-bond acceptors (Lipinski definition) is 3. The smallest absolute Gasteiger partial charge is 0.164 e. The summed E-state index contributed by atoms with van der Waals surface area (Å²) in [7, 11) is 0. The molecule has 7 aromatic rings. The van der Waals surface area contributed by atoms with E-state index < -0.39 is 0 Å². The minimum absolute atomic E-state index is 0.177. The topological polar surface area (TPSA) is 38.7 Å². The van der Waals surface area contributed by atoms with E-state index >= 15 is 0 Å². The predicted molar refractivity (Wildman–Crippen MR) is 219 cm³/mol.